The number of carbonyl (C=O) groups is 2. The molecule has 6 nitrogen and oxygen atoms in total. The van der Waals surface area contributed by atoms with E-state index in [-0.39, 0.29) is 23.4 Å². The van der Waals surface area contributed by atoms with Gasteiger partial charge in [0.15, 0.2) is 5.78 Å². The maximum Gasteiger partial charge on any atom is 0.323 e. The first-order chi connectivity index (χ1) is 15.9. The number of aromatic hydroxyl groups is 1. The van der Waals surface area contributed by atoms with E-state index in [1.54, 1.807) is 12.1 Å². The van der Waals surface area contributed by atoms with Crippen molar-refractivity contribution in [3.8, 4) is 5.75 Å². The third-order valence-corrected chi connectivity index (χ3v) is 6.32. The number of benzene rings is 2. The maximum atomic E-state index is 13.7. The molecule has 0 radical (unpaired) electrons. The van der Waals surface area contributed by atoms with Crippen molar-refractivity contribution in [1.29, 1.82) is 0 Å². The van der Waals surface area contributed by atoms with Crippen LogP contribution in [0.2, 0.25) is 0 Å². The Hall–Kier alpha value is -3.12. The topological polar surface area (TPSA) is 78.9 Å². The molecule has 2 atom stereocenters. The number of aryl methyl sites for hydroxylation is 1. The summed E-state index contributed by atoms with van der Waals surface area (Å²) >= 11 is 0. The highest BCUT2D eigenvalue weighted by molar-refractivity contribution is 6.04. The minimum atomic E-state index is -0.502. The molecule has 2 N–H and O–H groups in total. The molecule has 0 spiro atoms. The number of para-hydroxylation sites is 2. The van der Waals surface area contributed by atoms with E-state index in [1.807, 2.05) is 49.1 Å². The van der Waals surface area contributed by atoms with Gasteiger partial charge >= 0.3 is 5.97 Å². The molecule has 2 aliphatic rings. The number of rotatable bonds is 7. The number of phenols is 1. The normalized spacial score (nSPS) is 20.7. The number of phenolic OH excluding ortho intramolecular Hbond substituents is 1. The molecule has 174 valence electrons. The van der Waals surface area contributed by atoms with Crippen LogP contribution in [-0.2, 0) is 20.7 Å². The lowest BCUT2D eigenvalue weighted by Crippen LogP contribution is -2.53. The zero-order valence-electron chi connectivity index (χ0n) is 19.3. The van der Waals surface area contributed by atoms with Crippen molar-refractivity contribution in [1.82, 2.24) is 5.32 Å². The van der Waals surface area contributed by atoms with Crippen LogP contribution < -0.4 is 10.2 Å². The lowest BCUT2D eigenvalue weighted by molar-refractivity contribution is -0.147. The molecule has 2 unspecified atom stereocenters. The molecule has 0 bridgehead atoms. The summed E-state index contributed by atoms with van der Waals surface area (Å²) in [6, 6.07) is 16.4. The number of ether oxygens (including phenoxy) is 1. The Balaban J connectivity index is 1.58. The highest BCUT2D eigenvalue weighted by Crippen LogP contribution is 2.36. The van der Waals surface area contributed by atoms with E-state index in [0.717, 1.165) is 17.6 Å². The Morgan fingerprint density at radius 1 is 1.15 bits per heavy atom. The van der Waals surface area contributed by atoms with E-state index in [2.05, 4.69) is 17.4 Å². The van der Waals surface area contributed by atoms with Crippen LogP contribution >= 0.6 is 0 Å². The van der Waals surface area contributed by atoms with Crippen LogP contribution in [0.4, 0.5) is 5.69 Å². The van der Waals surface area contributed by atoms with Crippen molar-refractivity contribution in [3.63, 3.8) is 0 Å². The summed E-state index contributed by atoms with van der Waals surface area (Å²) in [6.07, 6.45) is 1.73. The van der Waals surface area contributed by atoms with E-state index in [9.17, 15) is 14.7 Å². The van der Waals surface area contributed by atoms with Gasteiger partial charge in [0.05, 0.1) is 18.3 Å². The molecule has 0 aliphatic carbocycles. The summed E-state index contributed by atoms with van der Waals surface area (Å²) in [5.74, 6) is 0.168. The van der Waals surface area contributed by atoms with Gasteiger partial charge in [0.25, 0.3) is 0 Å². The summed E-state index contributed by atoms with van der Waals surface area (Å²) in [7, 11) is 0. The van der Waals surface area contributed by atoms with Crippen molar-refractivity contribution in [3.05, 3.63) is 71.3 Å². The molecule has 33 heavy (non-hydrogen) atoms. The van der Waals surface area contributed by atoms with Crippen LogP contribution in [0.5, 0.6) is 5.75 Å². The third kappa shape index (κ3) is 5.28. The number of Topliss-reactive ketones (excluding diaryl/α,β-unsaturated/α-hetero) is 1. The van der Waals surface area contributed by atoms with Gasteiger partial charge in [-0.2, -0.15) is 0 Å². The Morgan fingerprint density at radius 3 is 2.61 bits per heavy atom. The molecule has 2 aliphatic heterocycles. The number of hydrogen-bond donors (Lipinski definition) is 2. The van der Waals surface area contributed by atoms with Gasteiger partial charge in [0.1, 0.15) is 11.8 Å². The average Bonchev–Trinajstić information content (AvgIpc) is 2.82. The predicted octanol–water partition coefficient (Wildman–Crippen LogP) is 3.64. The van der Waals surface area contributed by atoms with Crippen molar-refractivity contribution < 1.29 is 19.4 Å². The van der Waals surface area contributed by atoms with Crippen LogP contribution in [0.3, 0.4) is 0 Å². The second kappa shape index (κ2) is 10.2. The molecule has 0 fully saturated rings. The molecule has 0 amide bonds. The molecule has 4 rings (SSSR count). The molecule has 2 aromatic rings. The van der Waals surface area contributed by atoms with E-state index < -0.39 is 12.1 Å². The van der Waals surface area contributed by atoms with Crippen molar-refractivity contribution in [2.45, 2.75) is 45.2 Å². The van der Waals surface area contributed by atoms with E-state index in [4.69, 9.17) is 4.74 Å². The fourth-order valence-electron chi connectivity index (χ4n) is 4.57. The highest BCUT2D eigenvalue weighted by Gasteiger charge is 2.40. The number of nitrogens with zero attached hydrogens (tertiary/aromatic N) is 1. The standard InChI is InChI=1S/C27H32N2O4/c1-18(2)17-33-27(32)22-14-21-20(15-28-22)16-29(23-10-6-7-11-25(23)30)24(26(21)31)13-12-19-8-4-3-5-9-19/h3-11,18,22,24,28,30H,12-17H2,1-2H3. The van der Waals surface area contributed by atoms with Crippen LogP contribution in [0.1, 0.15) is 32.3 Å². The quantitative estimate of drug-likeness (QED) is 0.630. The predicted molar refractivity (Wildman–Crippen MR) is 128 cm³/mol. The van der Waals surface area contributed by atoms with Crippen molar-refractivity contribution >= 4 is 17.4 Å². The van der Waals surface area contributed by atoms with Gasteiger partial charge in [-0.25, -0.2) is 0 Å². The maximum absolute atomic E-state index is 13.7. The van der Waals surface area contributed by atoms with E-state index in [0.29, 0.717) is 38.2 Å². The van der Waals surface area contributed by atoms with Gasteiger partial charge in [-0.05, 0) is 42.0 Å². The summed E-state index contributed by atoms with van der Waals surface area (Å²) in [5, 5.41) is 13.8. The second-order valence-corrected chi connectivity index (χ2v) is 9.26. The lowest BCUT2D eigenvalue weighted by Gasteiger charge is -2.41. The minimum absolute atomic E-state index is 0.0404. The Kier molecular flexibility index (Phi) is 7.14. The summed E-state index contributed by atoms with van der Waals surface area (Å²) in [6.45, 7) is 5.37. The molecular weight excluding hydrogens is 416 g/mol. The largest absolute Gasteiger partial charge is 0.506 e. The van der Waals surface area contributed by atoms with Crippen LogP contribution in [-0.4, -0.2) is 48.6 Å². The number of carbonyl (C=O) groups excluding carboxylic acids is 2. The zero-order valence-corrected chi connectivity index (χ0v) is 19.3. The number of anilines is 1. The molecule has 6 heteroatoms. The smallest absolute Gasteiger partial charge is 0.323 e. The number of hydrogen-bond acceptors (Lipinski definition) is 6. The average molecular weight is 449 g/mol. The monoisotopic (exact) mass is 448 g/mol. The van der Waals surface area contributed by atoms with Gasteiger partial charge in [-0.1, -0.05) is 56.3 Å². The van der Waals surface area contributed by atoms with E-state index in [1.165, 1.54) is 5.56 Å². The molecule has 2 aromatic carbocycles. The second-order valence-electron chi connectivity index (χ2n) is 9.26. The third-order valence-electron chi connectivity index (χ3n) is 6.32. The minimum Gasteiger partial charge on any atom is -0.506 e. The zero-order chi connectivity index (χ0) is 23.4. The highest BCUT2D eigenvalue weighted by atomic mass is 16.5. The van der Waals surface area contributed by atoms with Crippen LogP contribution in [0.15, 0.2) is 65.7 Å². The van der Waals surface area contributed by atoms with Gasteiger partial charge in [0.2, 0.25) is 0 Å². The molecule has 0 saturated carbocycles. The summed E-state index contributed by atoms with van der Waals surface area (Å²) in [5.41, 5.74) is 3.55. The summed E-state index contributed by atoms with van der Waals surface area (Å²) < 4.78 is 5.42. The Labute approximate surface area is 195 Å². The Bertz CT molecular complexity index is 1030. The Morgan fingerprint density at radius 2 is 1.88 bits per heavy atom. The molecule has 2 heterocycles. The van der Waals surface area contributed by atoms with Gasteiger partial charge in [-0.3, -0.25) is 9.59 Å². The number of ketones is 1. The first kappa shape index (κ1) is 23.1. The SMILES string of the molecule is CC(C)COC(=O)C1CC2=C(CN1)CN(c1ccccc1O)C(CCc1ccccc1)C2=O. The number of esters is 1. The van der Waals surface area contributed by atoms with Gasteiger partial charge in [0, 0.05) is 25.1 Å². The van der Waals surface area contributed by atoms with Gasteiger partial charge < -0.3 is 20.1 Å². The lowest BCUT2D eigenvalue weighted by atomic mass is 9.83. The van der Waals surface area contributed by atoms with Crippen molar-refractivity contribution in [2.75, 3.05) is 24.6 Å². The molecule has 0 aromatic heterocycles. The molecular formula is C27H32N2O4. The van der Waals surface area contributed by atoms with Gasteiger partial charge in [-0.15, -0.1) is 0 Å². The van der Waals surface area contributed by atoms with Crippen molar-refractivity contribution in [2.24, 2.45) is 5.92 Å². The van der Waals surface area contributed by atoms with E-state index >= 15 is 0 Å². The van der Waals surface area contributed by atoms with Crippen LogP contribution in [0, 0.1) is 5.92 Å². The fraction of sp³-hybridized carbons (Fsp3) is 0.407. The molecule has 0 saturated heterocycles. The number of nitrogens with one attached hydrogen (secondary N) is 1. The fourth-order valence-corrected chi connectivity index (χ4v) is 4.57. The first-order valence-electron chi connectivity index (χ1n) is 11.7. The first-order valence-corrected chi connectivity index (χ1v) is 11.7. The summed E-state index contributed by atoms with van der Waals surface area (Å²) in [4.78, 5) is 28.3. The van der Waals surface area contributed by atoms with Crippen LogP contribution in [0.25, 0.3) is 0 Å².